The number of nitro benzene ring substituents is 1. The Morgan fingerprint density at radius 1 is 1.13 bits per heavy atom. The zero-order chi connectivity index (χ0) is 33.1. The van der Waals surface area contributed by atoms with Crippen molar-refractivity contribution in [1.29, 1.82) is 5.26 Å². The fraction of sp³-hybridized carbons (Fsp3) is 0.556. The minimum atomic E-state index is -0.486. The fourth-order valence-corrected chi connectivity index (χ4v) is 6.21. The number of morpholine rings is 1. The van der Waals surface area contributed by atoms with Crippen molar-refractivity contribution < 1.29 is 23.6 Å². The summed E-state index contributed by atoms with van der Waals surface area (Å²) >= 11 is 0. The molecule has 1 atom stereocenters. The molecule has 4 rings (SSSR count). The maximum absolute atomic E-state index is 14.6. The minimum Gasteiger partial charge on any atom is -0.381 e. The molecule has 10 heteroatoms. The molecule has 2 fully saturated rings. The van der Waals surface area contributed by atoms with E-state index in [1.54, 1.807) is 30.3 Å². The SMILES string of the molecule is CC(C)(C)CCN(CCN1CCOCC1)C(=O)CCC(C(C#N)=Cc1cc(-c2ccccc2F)ccc1[N+](=O)[O-])C1CCOCC1. The molecule has 0 aliphatic carbocycles. The quantitative estimate of drug-likeness (QED) is 0.137. The maximum Gasteiger partial charge on any atom is 0.276 e. The van der Waals surface area contributed by atoms with Gasteiger partial charge < -0.3 is 14.4 Å². The molecule has 1 amide bonds. The van der Waals surface area contributed by atoms with Gasteiger partial charge in [0.2, 0.25) is 5.91 Å². The van der Waals surface area contributed by atoms with Gasteiger partial charge in [-0.3, -0.25) is 19.8 Å². The number of hydrogen-bond donors (Lipinski definition) is 0. The lowest BCUT2D eigenvalue weighted by Crippen LogP contribution is -2.44. The summed E-state index contributed by atoms with van der Waals surface area (Å²) in [6.45, 7) is 12.8. The molecule has 248 valence electrons. The monoisotopic (exact) mass is 634 g/mol. The third-order valence-electron chi connectivity index (χ3n) is 9.03. The van der Waals surface area contributed by atoms with Gasteiger partial charge in [0.15, 0.2) is 0 Å². The first kappa shape index (κ1) is 35.2. The van der Waals surface area contributed by atoms with Crippen LogP contribution in [0, 0.1) is 44.5 Å². The van der Waals surface area contributed by atoms with Crippen molar-refractivity contribution in [3.05, 3.63) is 69.5 Å². The second-order valence-electron chi connectivity index (χ2n) is 13.5. The standard InChI is InChI=1S/C36H47FN4O5/c1-36(2,3)14-15-40(17-16-39-18-22-46-23-19-39)35(42)11-9-31(27-12-20-45-21-13-27)30(26-38)25-29-24-28(8-10-34(29)41(43)44)32-6-4-5-7-33(32)37/h4-8,10,24-25,27,31H,9,11-23H2,1-3H3. The molecule has 2 aliphatic rings. The first-order valence-corrected chi connectivity index (χ1v) is 16.4. The lowest BCUT2D eigenvalue weighted by molar-refractivity contribution is -0.385. The first-order valence-electron chi connectivity index (χ1n) is 16.4. The highest BCUT2D eigenvalue weighted by atomic mass is 19.1. The second kappa shape index (κ2) is 16.8. The van der Waals surface area contributed by atoms with Gasteiger partial charge >= 0.3 is 0 Å². The molecule has 2 heterocycles. The smallest absolute Gasteiger partial charge is 0.276 e. The van der Waals surface area contributed by atoms with E-state index in [4.69, 9.17) is 9.47 Å². The third-order valence-corrected chi connectivity index (χ3v) is 9.03. The van der Waals surface area contributed by atoms with E-state index in [9.17, 15) is 24.6 Å². The third kappa shape index (κ3) is 10.2. The average molecular weight is 635 g/mol. The number of carbonyl (C=O) groups is 1. The number of allylic oxidation sites excluding steroid dienone is 1. The molecule has 2 aromatic carbocycles. The van der Waals surface area contributed by atoms with Gasteiger partial charge in [-0.1, -0.05) is 39.0 Å². The van der Waals surface area contributed by atoms with Gasteiger partial charge in [-0.25, -0.2) is 4.39 Å². The van der Waals surface area contributed by atoms with Crippen LogP contribution in [0.2, 0.25) is 0 Å². The Hall–Kier alpha value is -3.65. The molecule has 0 radical (unpaired) electrons. The van der Waals surface area contributed by atoms with Gasteiger partial charge in [0.25, 0.3) is 5.69 Å². The second-order valence-corrected chi connectivity index (χ2v) is 13.5. The number of hydrogen-bond acceptors (Lipinski definition) is 7. The zero-order valence-corrected chi connectivity index (χ0v) is 27.4. The van der Waals surface area contributed by atoms with Crippen LogP contribution < -0.4 is 0 Å². The van der Waals surface area contributed by atoms with E-state index in [0.717, 1.165) is 38.9 Å². The summed E-state index contributed by atoms with van der Waals surface area (Å²) in [7, 11) is 0. The van der Waals surface area contributed by atoms with E-state index >= 15 is 0 Å². The maximum atomic E-state index is 14.6. The van der Waals surface area contributed by atoms with Gasteiger partial charge in [-0.2, -0.15) is 5.26 Å². The van der Waals surface area contributed by atoms with Gasteiger partial charge in [0.1, 0.15) is 5.82 Å². The Kier molecular flexibility index (Phi) is 12.8. The summed E-state index contributed by atoms with van der Waals surface area (Å²) in [5, 5.41) is 22.5. The predicted molar refractivity (Wildman–Crippen MR) is 176 cm³/mol. The van der Waals surface area contributed by atoms with Crippen LogP contribution in [0.4, 0.5) is 10.1 Å². The molecule has 0 saturated carbocycles. The van der Waals surface area contributed by atoms with Gasteiger partial charge in [-0.15, -0.1) is 0 Å². The van der Waals surface area contributed by atoms with Crippen molar-refractivity contribution in [3.63, 3.8) is 0 Å². The highest BCUT2D eigenvalue weighted by Gasteiger charge is 2.30. The number of rotatable bonds is 13. The topological polar surface area (TPSA) is 109 Å². The van der Waals surface area contributed by atoms with Crippen LogP contribution in [-0.2, 0) is 14.3 Å². The zero-order valence-electron chi connectivity index (χ0n) is 27.4. The van der Waals surface area contributed by atoms with Crippen molar-refractivity contribution in [1.82, 2.24) is 9.80 Å². The summed E-state index contributed by atoms with van der Waals surface area (Å²) in [6, 6.07) is 13.0. The fourth-order valence-electron chi connectivity index (χ4n) is 6.21. The lowest BCUT2D eigenvalue weighted by atomic mass is 9.78. The largest absolute Gasteiger partial charge is 0.381 e. The van der Waals surface area contributed by atoms with Crippen LogP contribution in [0.5, 0.6) is 0 Å². The van der Waals surface area contributed by atoms with Gasteiger partial charge in [0, 0.05) is 69.6 Å². The van der Waals surface area contributed by atoms with Crippen molar-refractivity contribution >= 4 is 17.7 Å². The van der Waals surface area contributed by atoms with E-state index in [-0.39, 0.29) is 40.8 Å². The number of halogens is 1. The van der Waals surface area contributed by atoms with Crippen LogP contribution in [0.3, 0.4) is 0 Å². The molecular weight excluding hydrogens is 587 g/mol. The van der Waals surface area contributed by atoms with E-state index in [0.29, 0.717) is 62.6 Å². The number of nitriles is 1. The van der Waals surface area contributed by atoms with Crippen molar-refractivity contribution in [3.8, 4) is 17.2 Å². The number of carbonyl (C=O) groups excluding carboxylic acids is 1. The van der Waals surface area contributed by atoms with Crippen LogP contribution in [0.1, 0.15) is 58.4 Å². The number of nitrogens with zero attached hydrogens (tertiary/aromatic N) is 4. The molecule has 1 unspecified atom stereocenters. The minimum absolute atomic E-state index is 0.0550. The molecule has 2 saturated heterocycles. The van der Waals surface area contributed by atoms with Crippen molar-refractivity contribution in [2.45, 2.75) is 52.9 Å². The van der Waals surface area contributed by atoms with Crippen LogP contribution >= 0.6 is 0 Å². The Balaban J connectivity index is 1.60. The summed E-state index contributed by atoms with van der Waals surface area (Å²) in [5.41, 5.74) is 1.35. The Morgan fingerprint density at radius 3 is 2.48 bits per heavy atom. The highest BCUT2D eigenvalue weighted by Crippen LogP contribution is 2.36. The molecule has 9 nitrogen and oxygen atoms in total. The van der Waals surface area contributed by atoms with Crippen LogP contribution in [-0.4, -0.2) is 79.8 Å². The molecule has 2 aromatic rings. The normalized spacial score (nSPS) is 17.3. The van der Waals surface area contributed by atoms with Gasteiger partial charge in [0.05, 0.1) is 29.8 Å². The molecule has 0 N–H and O–H groups in total. The van der Waals surface area contributed by atoms with E-state index in [1.165, 1.54) is 18.2 Å². The molecule has 0 aromatic heterocycles. The van der Waals surface area contributed by atoms with Crippen LogP contribution in [0.15, 0.2) is 48.0 Å². The van der Waals surface area contributed by atoms with Crippen molar-refractivity contribution in [2.75, 3.05) is 59.2 Å². The predicted octanol–water partition coefficient (Wildman–Crippen LogP) is 6.73. The summed E-state index contributed by atoms with van der Waals surface area (Å²) in [4.78, 5) is 29.6. The number of nitro groups is 1. The molecule has 46 heavy (non-hydrogen) atoms. The van der Waals surface area contributed by atoms with E-state index in [2.05, 4.69) is 31.7 Å². The molecule has 0 spiro atoms. The van der Waals surface area contributed by atoms with E-state index in [1.807, 2.05) is 4.90 Å². The first-order chi connectivity index (χ1) is 22.1. The average Bonchev–Trinajstić information content (AvgIpc) is 3.04. The number of amides is 1. The summed E-state index contributed by atoms with van der Waals surface area (Å²) < 4.78 is 25.7. The van der Waals surface area contributed by atoms with Gasteiger partial charge in [-0.05, 0) is 72.8 Å². The lowest BCUT2D eigenvalue weighted by Gasteiger charge is -2.33. The number of ether oxygens (including phenoxy) is 2. The summed E-state index contributed by atoms with van der Waals surface area (Å²) in [6.07, 6.45) is 4.64. The van der Waals surface area contributed by atoms with Crippen LogP contribution in [0.25, 0.3) is 17.2 Å². The molecular formula is C36H47FN4O5. The Morgan fingerprint density at radius 2 is 1.83 bits per heavy atom. The molecule has 0 bridgehead atoms. The summed E-state index contributed by atoms with van der Waals surface area (Å²) in [5.74, 6) is -0.565. The van der Waals surface area contributed by atoms with E-state index < -0.39 is 10.7 Å². The Labute approximate surface area is 272 Å². The van der Waals surface area contributed by atoms with Crippen molar-refractivity contribution in [2.24, 2.45) is 17.3 Å². The Bertz CT molecular complexity index is 1400. The number of benzene rings is 2. The molecule has 2 aliphatic heterocycles. The highest BCUT2D eigenvalue weighted by molar-refractivity contribution is 5.77.